The highest BCUT2D eigenvalue weighted by molar-refractivity contribution is 6.06. The molecule has 2 N–H and O–H groups in total. The minimum atomic E-state index is -0.172. The van der Waals surface area contributed by atoms with E-state index >= 15 is 0 Å². The largest absolute Gasteiger partial charge is 0.490 e. The second-order valence-electron chi connectivity index (χ2n) is 9.31. The summed E-state index contributed by atoms with van der Waals surface area (Å²) < 4.78 is 19.6. The maximum atomic E-state index is 13.3. The molecule has 0 saturated carbocycles. The predicted octanol–water partition coefficient (Wildman–Crippen LogP) is 5.29. The first-order valence-electron chi connectivity index (χ1n) is 12.7. The van der Waals surface area contributed by atoms with Crippen molar-refractivity contribution in [3.63, 3.8) is 0 Å². The van der Waals surface area contributed by atoms with Crippen molar-refractivity contribution in [2.24, 2.45) is 7.05 Å². The van der Waals surface area contributed by atoms with Crippen LogP contribution in [0.2, 0.25) is 0 Å². The van der Waals surface area contributed by atoms with Crippen LogP contribution in [0.1, 0.15) is 34.5 Å². The van der Waals surface area contributed by atoms with Crippen LogP contribution in [0.5, 0.6) is 11.5 Å². The third-order valence-corrected chi connectivity index (χ3v) is 6.80. The van der Waals surface area contributed by atoms with Gasteiger partial charge in [-0.25, -0.2) is 0 Å². The highest BCUT2D eigenvalue weighted by Gasteiger charge is 2.17. The Labute approximate surface area is 217 Å². The molecular formula is C30H33N3O4. The average molecular weight is 500 g/mol. The molecule has 5 rings (SSSR count). The van der Waals surface area contributed by atoms with E-state index in [0.717, 1.165) is 59.5 Å². The SMILES string of the molecule is COCc1cccc(NC(=O)c2cc3ccccc3n2C)c1COc1ccc(OC2CCNCC2)cc1. The number of aryl methyl sites for hydroxylation is 1. The van der Waals surface area contributed by atoms with Gasteiger partial charge in [0.1, 0.15) is 29.9 Å². The van der Waals surface area contributed by atoms with Crippen LogP contribution < -0.4 is 20.1 Å². The number of fused-ring (bicyclic) bond motifs is 1. The Hall–Kier alpha value is -3.81. The van der Waals surface area contributed by atoms with E-state index in [1.54, 1.807) is 7.11 Å². The summed E-state index contributed by atoms with van der Waals surface area (Å²) in [6, 6.07) is 23.4. The second-order valence-corrected chi connectivity index (χ2v) is 9.31. The molecule has 0 radical (unpaired) electrons. The summed E-state index contributed by atoms with van der Waals surface area (Å²) in [5, 5.41) is 7.48. The number of methoxy groups -OCH3 is 1. The molecule has 7 heteroatoms. The first kappa shape index (κ1) is 24.9. The van der Waals surface area contributed by atoms with Gasteiger partial charge in [-0.05, 0) is 74.0 Å². The van der Waals surface area contributed by atoms with E-state index < -0.39 is 0 Å². The van der Waals surface area contributed by atoms with Gasteiger partial charge in [-0.3, -0.25) is 4.79 Å². The zero-order valence-corrected chi connectivity index (χ0v) is 21.3. The molecular weight excluding hydrogens is 466 g/mol. The molecule has 1 aliphatic heterocycles. The first-order valence-corrected chi connectivity index (χ1v) is 12.7. The molecule has 0 aliphatic carbocycles. The number of nitrogens with one attached hydrogen (secondary N) is 2. The fraction of sp³-hybridized carbons (Fsp3) is 0.300. The monoisotopic (exact) mass is 499 g/mol. The van der Waals surface area contributed by atoms with Gasteiger partial charge in [0.25, 0.3) is 5.91 Å². The summed E-state index contributed by atoms with van der Waals surface area (Å²) in [6.07, 6.45) is 2.28. The zero-order chi connectivity index (χ0) is 25.6. The maximum absolute atomic E-state index is 13.3. The van der Waals surface area contributed by atoms with E-state index in [2.05, 4.69) is 10.6 Å². The molecule has 1 amide bonds. The lowest BCUT2D eigenvalue weighted by Gasteiger charge is -2.23. The van der Waals surface area contributed by atoms with E-state index in [4.69, 9.17) is 14.2 Å². The number of aromatic nitrogens is 1. The number of hydrogen-bond donors (Lipinski definition) is 2. The van der Waals surface area contributed by atoms with Crippen LogP contribution in [0.4, 0.5) is 5.69 Å². The number of rotatable bonds is 9. The van der Waals surface area contributed by atoms with E-state index in [1.807, 2.05) is 84.4 Å². The molecule has 0 bridgehead atoms. The van der Waals surface area contributed by atoms with Crippen molar-refractivity contribution < 1.29 is 19.0 Å². The Kier molecular flexibility index (Phi) is 7.73. The molecule has 0 atom stereocenters. The minimum absolute atomic E-state index is 0.172. The standard InChI is InChI=1S/C30H33N3O4/c1-33-28-9-4-3-6-21(28)18-29(33)30(34)32-27-8-5-7-22(19-35-2)26(27)20-36-23-10-12-24(13-11-23)37-25-14-16-31-17-15-25/h3-13,18,25,31H,14-17,19-20H2,1-2H3,(H,32,34). The summed E-state index contributed by atoms with van der Waals surface area (Å²) in [5.41, 5.74) is 4.15. The molecule has 1 fully saturated rings. The third kappa shape index (κ3) is 5.79. The van der Waals surface area contributed by atoms with Crippen molar-refractivity contribution in [2.45, 2.75) is 32.2 Å². The lowest BCUT2D eigenvalue weighted by Crippen LogP contribution is -2.34. The smallest absolute Gasteiger partial charge is 0.272 e. The molecule has 3 aromatic carbocycles. The number of para-hydroxylation sites is 1. The fourth-order valence-electron chi connectivity index (χ4n) is 4.78. The van der Waals surface area contributed by atoms with Gasteiger partial charge >= 0.3 is 0 Å². The Bertz CT molecular complexity index is 1360. The highest BCUT2D eigenvalue weighted by Crippen LogP contribution is 2.27. The van der Waals surface area contributed by atoms with Crippen molar-refractivity contribution in [3.8, 4) is 11.5 Å². The number of amides is 1. The summed E-state index contributed by atoms with van der Waals surface area (Å²) >= 11 is 0. The molecule has 1 aliphatic rings. The summed E-state index contributed by atoms with van der Waals surface area (Å²) in [4.78, 5) is 13.3. The molecule has 1 saturated heterocycles. The normalized spacial score (nSPS) is 14.0. The minimum Gasteiger partial charge on any atom is -0.490 e. The first-order chi connectivity index (χ1) is 18.1. The van der Waals surface area contributed by atoms with Crippen molar-refractivity contribution in [1.82, 2.24) is 9.88 Å². The number of piperidine rings is 1. The molecule has 192 valence electrons. The van der Waals surface area contributed by atoms with E-state index in [-0.39, 0.29) is 12.0 Å². The maximum Gasteiger partial charge on any atom is 0.272 e. The number of ether oxygens (including phenoxy) is 3. The summed E-state index contributed by atoms with van der Waals surface area (Å²) in [5.74, 6) is 1.41. The number of anilines is 1. The van der Waals surface area contributed by atoms with Crippen molar-refractivity contribution >= 4 is 22.5 Å². The Morgan fingerprint density at radius 3 is 2.49 bits per heavy atom. The van der Waals surface area contributed by atoms with Gasteiger partial charge < -0.3 is 29.4 Å². The van der Waals surface area contributed by atoms with Crippen LogP contribution in [0, 0.1) is 0 Å². The molecule has 37 heavy (non-hydrogen) atoms. The lowest BCUT2D eigenvalue weighted by molar-refractivity contribution is 0.101. The fourth-order valence-corrected chi connectivity index (χ4v) is 4.78. The van der Waals surface area contributed by atoms with Gasteiger partial charge in [-0.1, -0.05) is 30.3 Å². The van der Waals surface area contributed by atoms with Crippen LogP contribution in [-0.4, -0.2) is 36.8 Å². The van der Waals surface area contributed by atoms with Gasteiger partial charge in [0.2, 0.25) is 0 Å². The van der Waals surface area contributed by atoms with Crippen LogP contribution in [0.15, 0.2) is 72.8 Å². The highest BCUT2D eigenvalue weighted by atomic mass is 16.5. The molecule has 1 aromatic heterocycles. The van der Waals surface area contributed by atoms with Crippen LogP contribution in [-0.2, 0) is 25.0 Å². The number of benzene rings is 3. The Morgan fingerprint density at radius 1 is 0.973 bits per heavy atom. The third-order valence-electron chi connectivity index (χ3n) is 6.80. The number of hydrogen-bond acceptors (Lipinski definition) is 5. The van der Waals surface area contributed by atoms with Crippen LogP contribution in [0.3, 0.4) is 0 Å². The van der Waals surface area contributed by atoms with Gasteiger partial charge in [-0.15, -0.1) is 0 Å². The molecule has 7 nitrogen and oxygen atoms in total. The molecule has 0 unspecified atom stereocenters. The van der Waals surface area contributed by atoms with E-state index in [0.29, 0.717) is 24.6 Å². The van der Waals surface area contributed by atoms with Gasteiger partial charge in [0, 0.05) is 36.3 Å². The van der Waals surface area contributed by atoms with Crippen LogP contribution in [0.25, 0.3) is 10.9 Å². The van der Waals surface area contributed by atoms with Gasteiger partial charge in [0.15, 0.2) is 0 Å². The average Bonchev–Trinajstić information content (AvgIpc) is 3.26. The van der Waals surface area contributed by atoms with Crippen molar-refractivity contribution in [2.75, 3.05) is 25.5 Å². The number of carbonyl (C=O) groups is 1. The van der Waals surface area contributed by atoms with E-state index in [9.17, 15) is 4.79 Å². The summed E-state index contributed by atoms with van der Waals surface area (Å²) in [7, 11) is 3.56. The van der Waals surface area contributed by atoms with E-state index in [1.165, 1.54) is 0 Å². The van der Waals surface area contributed by atoms with Crippen molar-refractivity contribution in [1.29, 1.82) is 0 Å². The van der Waals surface area contributed by atoms with Crippen molar-refractivity contribution in [3.05, 3.63) is 89.6 Å². The quantitative estimate of drug-likeness (QED) is 0.328. The zero-order valence-electron chi connectivity index (χ0n) is 21.3. The molecule has 2 heterocycles. The molecule has 4 aromatic rings. The molecule has 0 spiro atoms. The lowest BCUT2D eigenvalue weighted by atomic mass is 10.1. The number of nitrogens with zero attached hydrogens (tertiary/aromatic N) is 1. The van der Waals surface area contributed by atoms with Crippen LogP contribution >= 0.6 is 0 Å². The van der Waals surface area contributed by atoms with Gasteiger partial charge in [-0.2, -0.15) is 0 Å². The Balaban J connectivity index is 1.31. The van der Waals surface area contributed by atoms with Gasteiger partial charge in [0.05, 0.1) is 6.61 Å². The predicted molar refractivity (Wildman–Crippen MR) is 145 cm³/mol. The Morgan fingerprint density at radius 2 is 1.73 bits per heavy atom. The number of carbonyl (C=O) groups excluding carboxylic acids is 1. The second kappa shape index (κ2) is 11.5. The summed E-state index contributed by atoms with van der Waals surface area (Å²) in [6.45, 7) is 2.69. The topological polar surface area (TPSA) is 73.8 Å².